The fraction of sp³-hybridized carbons (Fsp3) is 0.941. The fourth-order valence-electron chi connectivity index (χ4n) is 18.8. The maximum absolute atomic E-state index is 15.7. The summed E-state index contributed by atoms with van der Waals surface area (Å²) in [6, 6.07) is -2.37. The van der Waals surface area contributed by atoms with E-state index in [1.54, 1.807) is 0 Å². The highest BCUT2D eigenvalue weighted by Gasteiger charge is 2.65. The second-order valence-corrected chi connectivity index (χ2v) is 36.5. The Hall–Kier alpha value is -3.26. The molecule has 6 N–H and O–H groups in total. The third-order valence-corrected chi connectivity index (χ3v) is 25.9. The van der Waals surface area contributed by atoms with Crippen LogP contribution in [0.2, 0.25) is 0 Å². The highest BCUT2D eigenvalue weighted by atomic mass is 16.5. The highest BCUT2D eigenvalue weighted by Crippen LogP contribution is 2.48. The van der Waals surface area contributed by atoms with Crippen LogP contribution in [0.15, 0.2) is 9.98 Å². The van der Waals surface area contributed by atoms with E-state index >= 15 is 19.2 Å². The molecule has 14 heteroatoms. The van der Waals surface area contributed by atoms with Gasteiger partial charge in [0, 0.05) is 31.1 Å². The molecule has 0 aromatic rings. The topological polar surface area (TPSA) is 200 Å². The molecule has 4 atom stereocenters. The maximum Gasteiger partial charge on any atom is 0.220 e. The van der Waals surface area contributed by atoms with E-state index in [2.05, 4.69) is 62.8 Å². The van der Waals surface area contributed by atoms with E-state index in [-0.39, 0.29) is 74.3 Å². The molecule has 0 aliphatic carbocycles. The molecule has 4 amide bonds. The van der Waals surface area contributed by atoms with Gasteiger partial charge in [0.1, 0.15) is 13.2 Å². The minimum absolute atomic E-state index is 0.153. The van der Waals surface area contributed by atoms with Crippen molar-refractivity contribution >= 4 is 35.4 Å². The molecule has 2 rings (SSSR count). The monoisotopic (exact) mass is 1620 g/mol. The lowest BCUT2D eigenvalue weighted by molar-refractivity contribution is -0.133. The van der Waals surface area contributed by atoms with Crippen molar-refractivity contribution in [3.63, 3.8) is 0 Å². The Kier molecular flexibility index (Phi) is 73.1. The number of amides is 4. The zero-order chi connectivity index (χ0) is 83.2. The molecule has 0 aromatic carbocycles. The summed E-state index contributed by atoms with van der Waals surface area (Å²) >= 11 is 0. The van der Waals surface area contributed by atoms with Crippen molar-refractivity contribution in [2.45, 2.75) is 566 Å². The molecule has 0 fully saturated rings. The number of aliphatic hydroxyl groups excluding tert-OH is 2. The molecule has 4 unspecified atom stereocenters. The minimum atomic E-state index is -1.84. The first-order valence-corrected chi connectivity index (χ1v) is 51.3. The molecular weight excluding hydrogens is 1430 g/mol. The van der Waals surface area contributed by atoms with Crippen molar-refractivity contribution in [1.82, 2.24) is 21.3 Å². The van der Waals surface area contributed by atoms with Crippen molar-refractivity contribution < 1.29 is 38.9 Å². The lowest BCUT2D eigenvalue weighted by Crippen LogP contribution is -2.81. The molecule has 0 saturated carbocycles. The number of nitrogens with one attached hydrogen (secondary N) is 4. The van der Waals surface area contributed by atoms with Gasteiger partial charge in [0.2, 0.25) is 35.4 Å². The van der Waals surface area contributed by atoms with Gasteiger partial charge in [0.15, 0.2) is 11.1 Å². The van der Waals surface area contributed by atoms with Gasteiger partial charge in [-0.25, -0.2) is 9.98 Å². The molecule has 115 heavy (non-hydrogen) atoms. The maximum atomic E-state index is 15.7. The predicted molar refractivity (Wildman–Crippen MR) is 493 cm³/mol. The van der Waals surface area contributed by atoms with Crippen LogP contribution in [0.3, 0.4) is 0 Å². The largest absolute Gasteiger partial charge is 0.477 e. The average Bonchev–Trinajstić information content (AvgIpc) is 1.61. The van der Waals surface area contributed by atoms with Crippen molar-refractivity contribution in [2.24, 2.45) is 15.4 Å². The Morgan fingerprint density at radius 3 is 0.643 bits per heavy atom. The van der Waals surface area contributed by atoms with Crippen LogP contribution in [-0.4, -0.2) is 108 Å². The Morgan fingerprint density at radius 1 is 0.270 bits per heavy atom. The standard InChI is InChI=1S/C101H194N6O8/c1-7-13-18-23-28-33-38-42-46-50-54-59-64-69-74-79-91(110)104-95(100(89-108,97-102-85-87-114-97)106-93(112)81-76-71-66-61-56-52-48-44-40-35-30-25-20-15-9-3)99(83-12-6,84-78-73-68-63-58-37-32-27-22-17-11-5)96(105-92(111)80-75-70-65-60-55-51-47-43-39-34-29-24-19-14-8-2)101(90-109,98-103-86-88-115-98)107-94(113)82-77-72-67-62-57-53-49-45-41-36-31-26-21-16-10-4/h95-96,108-109H,7-90H2,1-6H3,(H,104,110)(H,105,111)(H,106,112)(H,107,113). The number of nitrogens with zero attached hydrogens (tertiary/aromatic N) is 2. The van der Waals surface area contributed by atoms with Crippen molar-refractivity contribution in [2.75, 3.05) is 39.5 Å². The number of unbranched alkanes of at least 4 members (excludes halogenated alkanes) is 66. The first-order chi connectivity index (χ1) is 56.5. The zero-order valence-electron chi connectivity index (χ0n) is 77.3. The van der Waals surface area contributed by atoms with Gasteiger partial charge < -0.3 is 41.0 Å². The Labute approximate surface area is 712 Å². The third-order valence-electron chi connectivity index (χ3n) is 25.9. The van der Waals surface area contributed by atoms with Gasteiger partial charge in [-0.1, -0.05) is 478 Å². The Balaban J connectivity index is 2.80. The number of hydrogen-bond acceptors (Lipinski definition) is 10. The molecule has 0 spiro atoms. The summed E-state index contributed by atoms with van der Waals surface area (Å²) in [5, 5.41) is 39.9. The van der Waals surface area contributed by atoms with Gasteiger partial charge in [0.05, 0.1) is 38.4 Å². The first-order valence-electron chi connectivity index (χ1n) is 51.3. The van der Waals surface area contributed by atoms with Crippen LogP contribution >= 0.6 is 0 Å². The van der Waals surface area contributed by atoms with Gasteiger partial charge in [-0.2, -0.15) is 0 Å². The summed E-state index contributed by atoms with van der Waals surface area (Å²) in [6.07, 6.45) is 86.7. The smallest absolute Gasteiger partial charge is 0.220 e. The van der Waals surface area contributed by atoms with Crippen LogP contribution in [0.5, 0.6) is 0 Å². The summed E-state index contributed by atoms with van der Waals surface area (Å²) in [7, 11) is 0. The predicted octanol–water partition coefficient (Wildman–Crippen LogP) is 28.0. The van der Waals surface area contributed by atoms with Crippen molar-refractivity contribution in [1.29, 1.82) is 0 Å². The van der Waals surface area contributed by atoms with Gasteiger partial charge >= 0.3 is 0 Å². The van der Waals surface area contributed by atoms with Crippen LogP contribution in [0, 0.1) is 5.41 Å². The molecule has 676 valence electrons. The number of aliphatic imine (C=N–C) groups is 2. The summed E-state index contributed by atoms with van der Waals surface area (Å²) in [5.74, 6) is -0.689. The lowest BCUT2D eigenvalue weighted by Gasteiger charge is -2.57. The number of hydrogen-bond donors (Lipinski definition) is 6. The molecule has 0 radical (unpaired) electrons. The summed E-state index contributed by atoms with van der Waals surface area (Å²) in [6.45, 7) is 13.2. The van der Waals surface area contributed by atoms with E-state index in [9.17, 15) is 10.2 Å². The quantitative estimate of drug-likeness (QED) is 0.0323. The second kappa shape index (κ2) is 78.0. The van der Waals surface area contributed by atoms with E-state index in [1.807, 2.05) is 0 Å². The van der Waals surface area contributed by atoms with E-state index in [4.69, 9.17) is 19.5 Å². The molecular formula is C101H194N6O8. The first kappa shape index (κ1) is 108. The summed E-state index contributed by atoms with van der Waals surface area (Å²) in [4.78, 5) is 72.3. The lowest BCUT2D eigenvalue weighted by atomic mass is 9.57. The van der Waals surface area contributed by atoms with Crippen LogP contribution < -0.4 is 21.3 Å². The van der Waals surface area contributed by atoms with E-state index in [1.165, 1.54) is 321 Å². The number of ether oxygens (including phenoxy) is 2. The van der Waals surface area contributed by atoms with E-state index < -0.39 is 41.8 Å². The summed E-state index contributed by atoms with van der Waals surface area (Å²) in [5.41, 5.74) is -5.02. The highest BCUT2D eigenvalue weighted by molar-refractivity contribution is 5.96. The Morgan fingerprint density at radius 2 is 0.461 bits per heavy atom. The SMILES string of the molecule is CCCCCCCCCCCCCCCCCC(=O)NC(C(CO)(NC(=O)CCCCCCCCCCCCCCCCC)C1=NCCO1)C(CCC)(CCCCCCCCCCCCC)C(NC(=O)CCCCCCCCCCCCCCCCC)C(CO)(NC(=O)CCCCCCCCCCCCCCCCC)C1=NCCO1. The number of carbonyl (C=O) groups is 4. The number of aliphatic hydroxyl groups is 2. The van der Waals surface area contributed by atoms with Gasteiger partial charge in [-0.05, 0) is 38.5 Å². The molecule has 0 bridgehead atoms. The minimum Gasteiger partial charge on any atom is -0.477 e. The summed E-state index contributed by atoms with van der Waals surface area (Å²) < 4.78 is 13.3. The molecule has 0 aromatic heterocycles. The Bertz CT molecular complexity index is 2150. The van der Waals surface area contributed by atoms with Crippen LogP contribution in [0.1, 0.15) is 542 Å². The third kappa shape index (κ3) is 53.3. The number of rotatable bonds is 90. The van der Waals surface area contributed by atoms with E-state index in [0.29, 0.717) is 64.5 Å². The van der Waals surface area contributed by atoms with Gasteiger partial charge in [-0.15, -0.1) is 0 Å². The molecule has 2 aliphatic rings. The van der Waals surface area contributed by atoms with Crippen molar-refractivity contribution in [3.8, 4) is 0 Å². The molecule has 2 heterocycles. The average molecular weight is 1620 g/mol. The zero-order valence-corrected chi connectivity index (χ0v) is 77.3. The van der Waals surface area contributed by atoms with Crippen LogP contribution in [0.25, 0.3) is 0 Å². The molecule has 0 saturated heterocycles. The van der Waals surface area contributed by atoms with Crippen LogP contribution in [0.4, 0.5) is 0 Å². The van der Waals surface area contributed by atoms with Crippen LogP contribution in [-0.2, 0) is 28.7 Å². The number of carbonyl (C=O) groups excluding carboxylic acids is 4. The molecule has 14 nitrogen and oxygen atoms in total. The second-order valence-electron chi connectivity index (χ2n) is 36.5. The van der Waals surface area contributed by atoms with E-state index in [0.717, 1.165) is 103 Å². The van der Waals surface area contributed by atoms with Crippen molar-refractivity contribution in [3.05, 3.63) is 0 Å². The van der Waals surface area contributed by atoms with Gasteiger partial charge in [0.25, 0.3) is 0 Å². The molecule has 2 aliphatic heterocycles. The van der Waals surface area contributed by atoms with Gasteiger partial charge in [-0.3, -0.25) is 19.2 Å². The fourth-order valence-corrected chi connectivity index (χ4v) is 18.8. The normalized spacial score (nSPS) is 15.0.